The summed E-state index contributed by atoms with van der Waals surface area (Å²) in [5.74, 6) is 0. The second-order valence-corrected chi connectivity index (χ2v) is 9.98. The highest BCUT2D eigenvalue weighted by Gasteiger charge is 1.95. The van der Waals surface area contributed by atoms with Crippen LogP contribution in [0.25, 0.3) is 0 Å². The van der Waals surface area contributed by atoms with E-state index in [9.17, 15) is 9.59 Å². The zero-order valence-electron chi connectivity index (χ0n) is 19.9. The molecular weight excluding hydrogens is 504 g/mol. The molecule has 0 N–H and O–H groups in total. The predicted molar refractivity (Wildman–Crippen MR) is 141 cm³/mol. The van der Waals surface area contributed by atoms with Gasteiger partial charge in [-0.1, -0.05) is 103 Å². The Labute approximate surface area is 204 Å². The molecule has 0 saturated heterocycles. The molecule has 0 aromatic rings. The van der Waals surface area contributed by atoms with Crippen LogP contribution in [0.15, 0.2) is 12.2 Å². The van der Waals surface area contributed by atoms with Crippen LogP contribution in [0.1, 0.15) is 142 Å². The van der Waals surface area contributed by atoms with Gasteiger partial charge in [0.2, 0.25) is 0 Å². The molecular formula is C26H48Br2O2. The van der Waals surface area contributed by atoms with E-state index in [0.29, 0.717) is 12.8 Å². The van der Waals surface area contributed by atoms with Gasteiger partial charge in [0.1, 0.15) is 0 Å². The first-order chi connectivity index (χ1) is 14.5. The molecule has 0 aromatic carbocycles. The molecule has 0 amide bonds. The number of carbonyl (C=O) groups excluding carboxylic acids is 2. The molecule has 0 unspecified atom stereocenters. The van der Waals surface area contributed by atoms with E-state index in [4.69, 9.17) is 0 Å². The molecule has 0 rings (SSSR count). The Balaban J connectivity index is 0. The van der Waals surface area contributed by atoms with Gasteiger partial charge in [-0.05, 0) is 70.4 Å². The molecule has 2 nitrogen and oxygen atoms in total. The molecule has 0 aliphatic carbocycles. The summed E-state index contributed by atoms with van der Waals surface area (Å²) in [6.45, 7) is 4.46. The number of allylic oxidation sites excluding steroid dienone is 2. The lowest BCUT2D eigenvalue weighted by Gasteiger charge is -1.99. The number of carbonyl (C=O) groups is 2. The van der Waals surface area contributed by atoms with Gasteiger partial charge in [0.15, 0.2) is 9.39 Å². The van der Waals surface area contributed by atoms with Crippen molar-refractivity contribution in [3.63, 3.8) is 0 Å². The van der Waals surface area contributed by atoms with E-state index < -0.39 is 0 Å². The average molecular weight is 552 g/mol. The van der Waals surface area contributed by atoms with Gasteiger partial charge in [0.05, 0.1) is 0 Å². The third kappa shape index (κ3) is 35.5. The number of rotatable bonds is 21. The first kappa shape index (κ1) is 32.2. The Kier molecular flexibility index (Phi) is 31.2. The summed E-state index contributed by atoms with van der Waals surface area (Å²) in [5, 5.41) is 0. The smallest absolute Gasteiger partial charge is 0.197 e. The molecule has 0 fully saturated rings. The lowest BCUT2D eigenvalue weighted by Crippen LogP contribution is -1.85. The van der Waals surface area contributed by atoms with Crippen LogP contribution < -0.4 is 0 Å². The van der Waals surface area contributed by atoms with Gasteiger partial charge in [0, 0.05) is 12.8 Å². The summed E-state index contributed by atoms with van der Waals surface area (Å²) in [6.07, 6.45) is 29.1. The molecule has 0 bridgehead atoms. The van der Waals surface area contributed by atoms with Crippen LogP contribution in [0.3, 0.4) is 0 Å². The molecule has 0 spiro atoms. The maximum atomic E-state index is 10.7. The van der Waals surface area contributed by atoms with E-state index in [2.05, 4.69) is 57.9 Å². The first-order valence-electron chi connectivity index (χ1n) is 12.6. The van der Waals surface area contributed by atoms with Crippen LogP contribution >= 0.6 is 31.9 Å². The molecule has 0 radical (unpaired) electrons. The lowest BCUT2D eigenvalue weighted by molar-refractivity contribution is -0.111. The summed E-state index contributed by atoms with van der Waals surface area (Å²) in [7, 11) is 0. The van der Waals surface area contributed by atoms with E-state index >= 15 is 0 Å². The quantitative estimate of drug-likeness (QED) is 0.0807. The molecule has 30 heavy (non-hydrogen) atoms. The van der Waals surface area contributed by atoms with Gasteiger partial charge in [-0.2, -0.15) is 0 Å². The zero-order valence-corrected chi connectivity index (χ0v) is 23.0. The highest BCUT2D eigenvalue weighted by molar-refractivity contribution is 9.18. The van der Waals surface area contributed by atoms with Crippen molar-refractivity contribution in [2.45, 2.75) is 142 Å². The van der Waals surface area contributed by atoms with Gasteiger partial charge in [-0.3, -0.25) is 9.59 Å². The summed E-state index contributed by atoms with van der Waals surface area (Å²) in [4.78, 5) is 21.1. The largest absolute Gasteiger partial charge is 0.287 e. The first-order valence-corrected chi connectivity index (χ1v) is 14.1. The van der Waals surface area contributed by atoms with Crippen molar-refractivity contribution < 1.29 is 9.59 Å². The van der Waals surface area contributed by atoms with Crippen LogP contribution in [0.4, 0.5) is 0 Å². The molecule has 178 valence electrons. The van der Waals surface area contributed by atoms with Gasteiger partial charge >= 0.3 is 0 Å². The van der Waals surface area contributed by atoms with Crippen LogP contribution in [-0.2, 0) is 9.59 Å². The standard InChI is InChI=1S/C18H33BrO.C8H15BrO/c1-2-3-4-5-6-7-8-9-10-11-12-13-14-15-16-17-18(19)20;1-2-3-4-5-6-7-8(9)10/h9-10H,2-8,11-17H2,1H3;2-7H2,1H3/b10-9-;. The van der Waals surface area contributed by atoms with Crippen molar-refractivity contribution in [1.82, 2.24) is 0 Å². The predicted octanol–water partition coefficient (Wildman–Crippen LogP) is 10.2. The fourth-order valence-corrected chi connectivity index (χ4v) is 3.76. The minimum absolute atomic E-state index is 0.143. The van der Waals surface area contributed by atoms with E-state index in [1.165, 1.54) is 103 Å². The monoisotopic (exact) mass is 550 g/mol. The Bertz CT molecular complexity index is 394. The highest BCUT2D eigenvalue weighted by Crippen LogP contribution is 2.10. The van der Waals surface area contributed by atoms with Crippen molar-refractivity contribution in [2.75, 3.05) is 0 Å². The van der Waals surface area contributed by atoms with Gasteiger partial charge < -0.3 is 0 Å². The van der Waals surface area contributed by atoms with Crippen molar-refractivity contribution in [1.29, 1.82) is 0 Å². The molecule has 0 aromatic heterocycles. The maximum Gasteiger partial charge on any atom is 0.197 e. The molecule has 0 aliphatic rings. The lowest BCUT2D eigenvalue weighted by atomic mass is 10.1. The summed E-state index contributed by atoms with van der Waals surface area (Å²) >= 11 is 5.87. The highest BCUT2D eigenvalue weighted by atomic mass is 79.9. The third-order valence-electron chi connectivity index (χ3n) is 5.11. The van der Waals surface area contributed by atoms with Crippen molar-refractivity contribution in [3.8, 4) is 0 Å². The van der Waals surface area contributed by atoms with E-state index in [-0.39, 0.29) is 9.39 Å². The normalized spacial score (nSPS) is 10.8. The average Bonchev–Trinajstić information content (AvgIpc) is 2.71. The fourth-order valence-electron chi connectivity index (χ4n) is 3.20. The minimum atomic E-state index is 0.143. The van der Waals surface area contributed by atoms with E-state index in [0.717, 1.165) is 12.8 Å². The number of unbranched alkanes of at least 4 members (excludes halogenated alkanes) is 15. The zero-order chi connectivity index (χ0) is 22.7. The Morgan fingerprint density at radius 2 is 0.800 bits per heavy atom. The Morgan fingerprint density at radius 3 is 1.13 bits per heavy atom. The fraction of sp³-hybridized carbons (Fsp3) is 0.846. The van der Waals surface area contributed by atoms with Crippen LogP contribution in [0.2, 0.25) is 0 Å². The van der Waals surface area contributed by atoms with Crippen molar-refractivity contribution >= 4 is 41.2 Å². The number of halogens is 2. The molecule has 0 aliphatic heterocycles. The van der Waals surface area contributed by atoms with Crippen LogP contribution in [-0.4, -0.2) is 9.39 Å². The van der Waals surface area contributed by atoms with Crippen LogP contribution in [0.5, 0.6) is 0 Å². The summed E-state index contributed by atoms with van der Waals surface area (Å²) in [6, 6.07) is 0. The van der Waals surface area contributed by atoms with Crippen molar-refractivity contribution in [3.05, 3.63) is 12.2 Å². The second kappa shape index (κ2) is 29.0. The van der Waals surface area contributed by atoms with Crippen molar-refractivity contribution in [2.24, 2.45) is 0 Å². The minimum Gasteiger partial charge on any atom is -0.287 e. The Morgan fingerprint density at radius 1 is 0.500 bits per heavy atom. The van der Waals surface area contributed by atoms with E-state index in [1.807, 2.05) is 0 Å². The molecule has 0 saturated carbocycles. The molecule has 4 heteroatoms. The number of hydrogen-bond acceptors (Lipinski definition) is 2. The topological polar surface area (TPSA) is 34.1 Å². The van der Waals surface area contributed by atoms with Gasteiger partial charge in [0.25, 0.3) is 0 Å². The van der Waals surface area contributed by atoms with Gasteiger partial charge in [-0.15, -0.1) is 0 Å². The maximum absolute atomic E-state index is 10.7. The second-order valence-electron chi connectivity index (χ2n) is 8.21. The molecule has 0 heterocycles. The van der Waals surface area contributed by atoms with E-state index in [1.54, 1.807) is 0 Å². The summed E-state index contributed by atoms with van der Waals surface area (Å²) < 4.78 is 0.291. The van der Waals surface area contributed by atoms with Gasteiger partial charge in [-0.25, -0.2) is 0 Å². The Hall–Kier alpha value is 0.0400. The SMILES string of the molecule is CCCCCCCC(=O)Br.CCCCCCCC/C=C\CCCCCCCC(=O)Br. The number of hydrogen-bond donors (Lipinski definition) is 0. The third-order valence-corrected chi connectivity index (χ3v) is 5.91. The summed E-state index contributed by atoms with van der Waals surface area (Å²) in [5.41, 5.74) is 0. The van der Waals surface area contributed by atoms with Crippen LogP contribution in [0, 0.1) is 0 Å². The molecule has 0 atom stereocenters.